The van der Waals surface area contributed by atoms with Crippen molar-refractivity contribution in [1.82, 2.24) is 4.90 Å². The largest absolute Gasteiger partial charge is 0.346 e. The van der Waals surface area contributed by atoms with Crippen molar-refractivity contribution in [3.63, 3.8) is 0 Å². The Balaban J connectivity index is 3.78. The van der Waals surface area contributed by atoms with E-state index in [9.17, 15) is 4.79 Å². The van der Waals surface area contributed by atoms with Crippen molar-refractivity contribution in [3.8, 4) is 0 Å². The number of rotatable bonds is 7. The zero-order valence-electron chi connectivity index (χ0n) is 10.6. The van der Waals surface area contributed by atoms with Crippen LogP contribution in [0.4, 0.5) is 0 Å². The van der Waals surface area contributed by atoms with Gasteiger partial charge in [-0.3, -0.25) is 4.79 Å². The lowest BCUT2D eigenvalue weighted by Gasteiger charge is -2.21. The molecule has 0 bridgehead atoms. The fourth-order valence-corrected chi connectivity index (χ4v) is 1.32. The van der Waals surface area contributed by atoms with Crippen molar-refractivity contribution in [2.75, 3.05) is 13.6 Å². The van der Waals surface area contributed by atoms with E-state index in [0.29, 0.717) is 12.3 Å². The first-order valence-corrected chi connectivity index (χ1v) is 5.98. The molecule has 0 radical (unpaired) electrons. The zero-order valence-corrected chi connectivity index (χ0v) is 10.6. The van der Waals surface area contributed by atoms with Gasteiger partial charge in [-0.2, -0.15) is 0 Å². The second kappa shape index (κ2) is 7.69. The minimum Gasteiger partial charge on any atom is -0.346 e. The third-order valence-electron chi connectivity index (χ3n) is 2.79. The highest BCUT2D eigenvalue weighted by molar-refractivity contribution is 5.76. The molecular weight excluding hydrogens is 188 g/mol. The molecule has 3 heteroatoms. The molecule has 0 aromatic rings. The SMILES string of the molecule is CCCCCN(C)C(=O)CC(N)C(C)C. The second-order valence-corrected chi connectivity index (χ2v) is 4.63. The van der Waals surface area contributed by atoms with Gasteiger partial charge in [0.15, 0.2) is 0 Å². The second-order valence-electron chi connectivity index (χ2n) is 4.63. The van der Waals surface area contributed by atoms with Crippen molar-refractivity contribution >= 4 is 5.91 Å². The Hall–Kier alpha value is -0.570. The lowest BCUT2D eigenvalue weighted by Crippen LogP contribution is -2.36. The molecule has 0 rings (SSSR count). The van der Waals surface area contributed by atoms with Gasteiger partial charge in [0.2, 0.25) is 5.91 Å². The Morgan fingerprint density at radius 2 is 1.93 bits per heavy atom. The molecule has 0 spiro atoms. The normalized spacial score (nSPS) is 12.9. The van der Waals surface area contributed by atoms with Gasteiger partial charge in [-0.05, 0) is 12.3 Å². The Labute approximate surface area is 94.0 Å². The Kier molecular flexibility index (Phi) is 7.39. The maximum absolute atomic E-state index is 11.7. The standard InChI is InChI=1S/C12H26N2O/c1-5-6-7-8-14(4)12(15)9-11(13)10(2)3/h10-11H,5-9,13H2,1-4H3. The smallest absolute Gasteiger partial charge is 0.223 e. The summed E-state index contributed by atoms with van der Waals surface area (Å²) >= 11 is 0. The topological polar surface area (TPSA) is 46.3 Å². The monoisotopic (exact) mass is 214 g/mol. The predicted molar refractivity (Wildman–Crippen MR) is 64.6 cm³/mol. The minimum absolute atomic E-state index is 0.00822. The van der Waals surface area contributed by atoms with Gasteiger partial charge in [-0.1, -0.05) is 33.6 Å². The molecule has 0 saturated carbocycles. The number of unbranched alkanes of at least 4 members (excludes halogenated alkanes) is 2. The van der Waals surface area contributed by atoms with Crippen LogP contribution in [0.2, 0.25) is 0 Å². The number of amides is 1. The summed E-state index contributed by atoms with van der Waals surface area (Å²) in [7, 11) is 1.87. The van der Waals surface area contributed by atoms with Gasteiger partial charge < -0.3 is 10.6 Å². The molecule has 0 heterocycles. The van der Waals surface area contributed by atoms with Crippen molar-refractivity contribution < 1.29 is 4.79 Å². The Morgan fingerprint density at radius 3 is 2.40 bits per heavy atom. The van der Waals surface area contributed by atoms with Gasteiger partial charge in [0.25, 0.3) is 0 Å². The molecule has 0 aliphatic heterocycles. The van der Waals surface area contributed by atoms with Crippen LogP contribution in [0.25, 0.3) is 0 Å². The third kappa shape index (κ3) is 6.50. The Morgan fingerprint density at radius 1 is 1.33 bits per heavy atom. The van der Waals surface area contributed by atoms with Gasteiger partial charge in [0.1, 0.15) is 0 Å². The number of hydrogen-bond acceptors (Lipinski definition) is 2. The van der Waals surface area contributed by atoms with Crippen LogP contribution in [0.1, 0.15) is 46.5 Å². The lowest BCUT2D eigenvalue weighted by molar-refractivity contribution is -0.130. The predicted octanol–water partition coefficient (Wildman–Crippen LogP) is 2.01. The summed E-state index contributed by atoms with van der Waals surface area (Å²) in [4.78, 5) is 13.5. The van der Waals surface area contributed by atoms with E-state index in [-0.39, 0.29) is 11.9 Å². The number of carbonyl (C=O) groups excluding carboxylic acids is 1. The number of carbonyl (C=O) groups is 1. The van der Waals surface area contributed by atoms with E-state index < -0.39 is 0 Å². The van der Waals surface area contributed by atoms with Crippen molar-refractivity contribution in [1.29, 1.82) is 0 Å². The van der Waals surface area contributed by atoms with Gasteiger partial charge in [-0.25, -0.2) is 0 Å². The van der Waals surface area contributed by atoms with Crippen LogP contribution in [0.15, 0.2) is 0 Å². The van der Waals surface area contributed by atoms with E-state index in [4.69, 9.17) is 5.73 Å². The summed E-state index contributed by atoms with van der Waals surface area (Å²) in [6.45, 7) is 7.12. The van der Waals surface area contributed by atoms with E-state index in [1.165, 1.54) is 12.8 Å². The van der Waals surface area contributed by atoms with Crippen LogP contribution in [0.5, 0.6) is 0 Å². The molecule has 15 heavy (non-hydrogen) atoms. The average molecular weight is 214 g/mol. The molecule has 0 aliphatic carbocycles. The fourth-order valence-electron chi connectivity index (χ4n) is 1.32. The molecule has 1 amide bonds. The molecule has 0 aromatic heterocycles. The highest BCUT2D eigenvalue weighted by Gasteiger charge is 2.15. The first-order valence-electron chi connectivity index (χ1n) is 5.98. The zero-order chi connectivity index (χ0) is 11.8. The molecule has 1 unspecified atom stereocenters. The average Bonchev–Trinajstić information content (AvgIpc) is 2.17. The van der Waals surface area contributed by atoms with Crippen molar-refractivity contribution in [2.45, 2.75) is 52.5 Å². The quantitative estimate of drug-likeness (QED) is 0.659. The molecule has 0 saturated heterocycles. The number of nitrogens with two attached hydrogens (primary N) is 1. The van der Waals surface area contributed by atoms with Gasteiger partial charge in [0.05, 0.1) is 0 Å². The molecule has 1 atom stereocenters. The van der Waals surface area contributed by atoms with Crippen LogP contribution in [-0.2, 0) is 4.79 Å². The molecule has 3 nitrogen and oxygen atoms in total. The summed E-state index contributed by atoms with van der Waals surface area (Å²) < 4.78 is 0. The Bertz CT molecular complexity index is 180. The van der Waals surface area contributed by atoms with Crippen LogP contribution in [0.3, 0.4) is 0 Å². The van der Waals surface area contributed by atoms with Gasteiger partial charge >= 0.3 is 0 Å². The summed E-state index contributed by atoms with van der Waals surface area (Å²) in [5.74, 6) is 0.547. The van der Waals surface area contributed by atoms with Crippen LogP contribution in [-0.4, -0.2) is 30.4 Å². The summed E-state index contributed by atoms with van der Waals surface area (Å²) in [6.07, 6.45) is 3.94. The third-order valence-corrected chi connectivity index (χ3v) is 2.79. The van der Waals surface area contributed by atoms with Crippen molar-refractivity contribution in [3.05, 3.63) is 0 Å². The number of nitrogens with zero attached hydrogens (tertiary/aromatic N) is 1. The van der Waals surface area contributed by atoms with E-state index in [2.05, 4.69) is 20.8 Å². The maximum Gasteiger partial charge on any atom is 0.223 e. The molecule has 2 N–H and O–H groups in total. The van der Waals surface area contributed by atoms with Crippen LogP contribution >= 0.6 is 0 Å². The molecular formula is C12H26N2O. The molecule has 0 fully saturated rings. The lowest BCUT2D eigenvalue weighted by atomic mass is 10.0. The molecule has 0 aromatic carbocycles. The molecule has 90 valence electrons. The minimum atomic E-state index is -0.00822. The summed E-state index contributed by atoms with van der Waals surface area (Å²) in [5.41, 5.74) is 5.86. The highest BCUT2D eigenvalue weighted by atomic mass is 16.2. The van der Waals surface area contributed by atoms with E-state index in [0.717, 1.165) is 13.0 Å². The van der Waals surface area contributed by atoms with Gasteiger partial charge in [-0.15, -0.1) is 0 Å². The van der Waals surface area contributed by atoms with Gasteiger partial charge in [0, 0.05) is 26.1 Å². The summed E-state index contributed by atoms with van der Waals surface area (Å²) in [5, 5.41) is 0. The van der Waals surface area contributed by atoms with Crippen LogP contribution in [0, 0.1) is 5.92 Å². The van der Waals surface area contributed by atoms with E-state index >= 15 is 0 Å². The highest BCUT2D eigenvalue weighted by Crippen LogP contribution is 2.06. The van der Waals surface area contributed by atoms with E-state index in [1.54, 1.807) is 4.90 Å². The fraction of sp³-hybridized carbons (Fsp3) is 0.917. The van der Waals surface area contributed by atoms with E-state index in [1.807, 2.05) is 7.05 Å². The summed E-state index contributed by atoms with van der Waals surface area (Å²) in [6, 6.07) is -0.00822. The van der Waals surface area contributed by atoms with Crippen LogP contribution < -0.4 is 5.73 Å². The molecule has 0 aliphatic rings. The maximum atomic E-state index is 11.7. The first-order chi connectivity index (χ1) is 6.99. The van der Waals surface area contributed by atoms with Crippen molar-refractivity contribution in [2.24, 2.45) is 11.7 Å². The first kappa shape index (κ1) is 14.4. The number of hydrogen-bond donors (Lipinski definition) is 1.